The van der Waals surface area contributed by atoms with Crippen molar-refractivity contribution < 1.29 is 27.9 Å². The SMILES string of the molecule is C[C@@H](NC(=O)NCc1cccc(C(F)(F)F)c1)C(=O)O. The number of halogens is 3. The molecule has 0 bridgehead atoms. The van der Waals surface area contributed by atoms with Crippen LogP contribution in [0.3, 0.4) is 0 Å². The van der Waals surface area contributed by atoms with Crippen LogP contribution in [0.1, 0.15) is 18.1 Å². The Kier molecular flexibility index (Phi) is 4.95. The van der Waals surface area contributed by atoms with Crippen LogP contribution in [-0.4, -0.2) is 23.1 Å². The zero-order chi connectivity index (χ0) is 15.3. The van der Waals surface area contributed by atoms with Gasteiger partial charge in [0, 0.05) is 6.54 Å². The summed E-state index contributed by atoms with van der Waals surface area (Å²) in [6.07, 6.45) is -4.45. The molecule has 3 N–H and O–H groups in total. The lowest BCUT2D eigenvalue weighted by Gasteiger charge is -2.12. The van der Waals surface area contributed by atoms with Gasteiger partial charge in [0.05, 0.1) is 5.56 Å². The fourth-order valence-corrected chi connectivity index (χ4v) is 1.35. The van der Waals surface area contributed by atoms with E-state index < -0.39 is 29.8 Å². The third-order valence-electron chi connectivity index (χ3n) is 2.43. The molecule has 1 aromatic carbocycles. The lowest BCUT2D eigenvalue weighted by atomic mass is 10.1. The van der Waals surface area contributed by atoms with Crippen LogP contribution in [0.15, 0.2) is 24.3 Å². The fourth-order valence-electron chi connectivity index (χ4n) is 1.35. The van der Waals surface area contributed by atoms with E-state index in [-0.39, 0.29) is 12.1 Å². The Labute approximate surface area is 112 Å². The molecule has 1 rings (SSSR count). The van der Waals surface area contributed by atoms with Crippen LogP contribution in [0.2, 0.25) is 0 Å². The summed E-state index contributed by atoms with van der Waals surface area (Å²) < 4.78 is 37.4. The minimum Gasteiger partial charge on any atom is -0.480 e. The summed E-state index contributed by atoms with van der Waals surface area (Å²) in [5, 5.41) is 13.0. The first-order chi connectivity index (χ1) is 9.20. The standard InChI is InChI=1S/C12H13F3N2O3/c1-7(10(18)19)17-11(20)16-6-8-3-2-4-9(5-8)12(13,14)15/h2-5,7H,6H2,1H3,(H,18,19)(H2,16,17,20)/t7-/m1/s1. The topological polar surface area (TPSA) is 78.4 Å². The molecule has 0 aromatic heterocycles. The Bertz CT molecular complexity index is 503. The van der Waals surface area contributed by atoms with Crippen molar-refractivity contribution in [1.82, 2.24) is 10.6 Å². The summed E-state index contributed by atoms with van der Waals surface area (Å²) in [5.74, 6) is -1.21. The Morgan fingerprint density at radius 3 is 2.55 bits per heavy atom. The number of carbonyl (C=O) groups excluding carboxylic acids is 1. The summed E-state index contributed by atoms with van der Waals surface area (Å²) in [6.45, 7) is 1.13. The fraction of sp³-hybridized carbons (Fsp3) is 0.333. The third-order valence-corrected chi connectivity index (χ3v) is 2.43. The number of rotatable bonds is 4. The van der Waals surface area contributed by atoms with E-state index in [4.69, 9.17) is 5.11 Å². The van der Waals surface area contributed by atoms with Gasteiger partial charge in [-0.3, -0.25) is 4.79 Å². The number of carboxylic acids is 1. The van der Waals surface area contributed by atoms with E-state index in [1.807, 2.05) is 0 Å². The molecule has 0 aliphatic heterocycles. The summed E-state index contributed by atoms with van der Waals surface area (Å²) >= 11 is 0. The lowest BCUT2D eigenvalue weighted by molar-refractivity contribution is -0.139. The molecule has 0 fully saturated rings. The second kappa shape index (κ2) is 6.27. The molecular weight excluding hydrogens is 277 g/mol. The summed E-state index contributed by atoms with van der Waals surface area (Å²) in [7, 11) is 0. The van der Waals surface area contributed by atoms with Crippen LogP contribution in [0.4, 0.5) is 18.0 Å². The molecule has 1 atom stereocenters. The Morgan fingerprint density at radius 2 is 2.00 bits per heavy atom. The number of alkyl halides is 3. The highest BCUT2D eigenvalue weighted by Gasteiger charge is 2.30. The molecule has 1 aromatic rings. The quantitative estimate of drug-likeness (QED) is 0.793. The van der Waals surface area contributed by atoms with Gasteiger partial charge >= 0.3 is 18.2 Å². The average molecular weight is 290 g/mol. The van der Waals surface area contributed by atoms with Gasteiger partial charge in [0.2, 0.25) is 0 Å². The molecule has 5 nitrogen and oxygen atoms in total. The predicted molar refractivity (Wildman–Crippen MR) is 63.9 cm³/mol. The number of benzene rings is 1. The van der Waals surface area contributed by atoms with Gasteiger partial charge in [0.25, 0.3) is 0 Å². The van der Waals surface area contributed by atoms with E-state index in [2.05, 4.69) is 10.6 Å². The van der Waals surface area contributed by atoms with Gasteiger partial charge in [-0.25, -0.2) is 4.79 Å². The van der Waals surface area contributed by atoms with Crippen LogP contribution < -0.4 is 10.6 Å². The molecule has 0 aliphatic carbocycles. The molecule has 0 saturated heterocycles. The number of hydrogen-bond donors (Lipinski definition) is 3. The largest absolute Gasteiger partial charge is 0.480 e. The zero-order valence-electron chi connectivity index (χ0n) is 10.5. The lowest BCUT2D eigenvalue weighted by Crippen LogP contribution is -2.44. The molecule has 0 spiro atoms. The third kappa shape index (κ3) is 4.79. The molecule has 8 heteroatoms. The van der Waals surface area contributed by atoms with Gasteiger partial charge in [-0.2, -0.15) is 13.2 Å². The summed E-state index contributed by atoms with van der Waals surface area (Å²) in [4.78, 5) is 21.8. The van der Waals surface area contributed by atoms with E-state index in [1.165, 1.54) is 19.1 Å². The van der Waals surface area contributed by atoms with Gasteiger partial charge in [0.1, 0.15) is 6.04 Å². The molecule has 0 aliphatic rings. The van der Waals surface area contributed by atoms with Gasteiger partial charge < -0.3 is 15.7 Å². The van der Waals surface area contributed by atoms with Crippen LogP contribution in [0.5, 0.6) is 0 Å². The maximum absolute atomic E-state index is 12.5. The monoisotopic (exact) mass is 290 g/mol. The van der Waals surface area contributed by atoms with Gasteiger partial charge in [-0.15, -0.1) is 0 Å². The van der Waals surface area contributed by atoms with Crippen molar-refractivity contribution in [3.05, 3.63) is 35.4 Å². The Morgan fingerprint density at radius 1 is 1.35 bits per heavy atom. The second-order valence-corrected chi connectivity index (χ2v) is 4.09. The van der Waals surface area contributed by atoms with Crippen molar-refractivity contribution in [2.24, 2.45) is 0 Å². The first kappa shape index (κ1) is 15.8. The van der Waals surface area contributed by atoms with Crippen LogP contribution in [0, 0.1) is 0 Å². The number of aliphatic carboxylic acids is 1. The minimum atomic E-state index is -4.45. The molecule has 0 radical (unpaired) electrons. The van der Waals surface area contributed by atoms with E-state index in [1.54, 1.807) is 0 Å². The summed E-state index contributed by atoms with van der Waals surface area (Å²) in [5.41, 5.74) is -0.547. The highest BCUT2D eigenvalue weighted by molar-refractivity contribution is 5.82. The van der Waals surface area contributed by atoms with Gasteiger partial charge in [-0.05, 0) is 24.6 Å². The van der Waals surface area contributed by atoms with Crippen molar-refractivity contribution in [3.63, 3.8) is 0 Å². The maximum Gasteiger partial charge on any atom is 0.416 e. The number of carboxylic acid groups (broad SMARTS) is 1. The highest BCUT2D eigenvalue weighted by Crippen LogP contribution is 2.29. The molecule has 0 heterocycles. The number of carbonyl (C=O) groups is 2. The first-order valence-corrected chi connectivity index (χ1v) is 5.63. The van der Waals surface area contributed by atoms with Crippen molar-refractivity contribution in [2.75, 3.05) is 0 Å². The predicted octanol–water partition coefficient (Wildman–Crippen LogP) is 1.98. The zero-order valence-corrected chi connectivity index (χ0v) is 10.5. The van der Waals surface area contributed by atoms with E-state index >= 15 is 0 Å². The average Bonchev–Trinajstić information content (AvgIpc) is 2.35. The van der Waals surface area contributed by atoms with E-state index in [0.717, 1.165) is 12.1 Å². The van der Waals surface area contributed by atoms with Crippen molar-refractivity contribution >= 4 is 12.0 Å². The first-order valence-electron chi connectivity index (χ1n) is 5.63. The van der Waals surface area contributed by atoms with Crippen LogP contribution in [0.25, 0.3) is 0 Å². The van der Waals surface area contributed by atoms with Crippen molar-refractivity contribution in [2.45, 2.75) is 25.7 Å². The maximum atomic E-state index is 12.5. The van der Waals surface area contributed by atoms with Crippen LogP contribution >= 0.6 is 0 Å². The molecule has 110 valence electrons. The number of urea groups is 1. The van der Waals surface area contributed by atoms with E-state index in [9.17, 15) is 22.8 Å². The Hall–Kier alpha value is -2.25. The van der Waals surface area contributed by atoms with Crippen LogP contribution in [-0.2, 0) is 17.5 Å². The van der Waals surface area contributed by atoms with Gasteiger partial charge in [-0.1, -0.05) is 12.1 Å². The molecule has 0 saturated carbocycles. The smallest absolute Gasteiger partial charge is 0.416 e. The van der Waals surface area contributed by atoms with Crippen molar-refractivity contribution in [3.8, 4) is 0 Å². The van der Waals surface area contributed by atoms with Crippen molar-refractivity contribution in [1.29, 1.82) is 0 Å². The molecule has 2 amide bonds. The number of hydrogen-bond acceptors (Lipinski definition) is 2. The molecule has 0 unspecified atom stereocenters. The second-order valence-electron chi connectivity index (χ2n) is 4.09. The highest BCUT2D eigenvalue weighted by atomic mass is 19.4. The Balaban J connectivity index is 2.58. The molecular formula is C12H13F3N2O3. The van der Waals surface area contributed by atoms with Gasteiger partial charge in [0.15, 0.2) is 0 Å². The summed E-state index contributed by atoms with van der Waals surface area (Å²) in [6, 6.07) is 2.65. The normalized spacial score (nSPS) is 12.6. The number of amides is 2. The van der Waals surface area contributed by atoms with E-state index in [0.29, 0.717) is 0 Å². The minimum absolute atomic E-state index is 0.137. The molecule has 20 heavy (non-hydrogen) atoms. The number of nitrogens with one attached hydrogen (secondary N) is 2.